The number of hydrogen-bond acceptors (Lipinski definition) is 4. The van der Waals surface area contributed by atoms with Gasteiger partial charge in [-0.2, -0.15) is 9.37 Å². The first-order valence-electron chi connectivity index (χ1n) is 3.97. The third-order valence-corrected chi connectivity index (χ3v) is 1.91. The largest absolute Gasteiger partial charge is 0.497 e. The van der Waals surface area contributed by atoms with Crippen molar-refractivity contribution in [2.45, 2.75) is 0 Å². The first-order chi connectivity index (χ1) is 6.70. The van der Waals surface area contributed by atoms with E-state index in [1.54, 1.807) is 18.2 Å². The van der Waals surface area contributed by atoms with Gasteiger partial charge in [0.2, 0.25) is 0 Å². The van der Waals surface area contributed by atoms with E-state index >= 15 is 0 Å². The van der Waals surface area contributed by atoms with Gasteiger partial charge in [-0.1, -0.05) is 0 Å². The van der Waals surface area contributed by atoms with E-state index in [4.69, 9.17) is 10.5 Å². The van der Waals surface area contributed by atoms with E-state index in [2.05, 4.69) is 9.97 Å². The van der Waals surface area contributed by atoms with E-state index in [0.717, 1.165) is 0 Å². The maximum absolute atomic E-state index is 12.8. The molecule has 1 heterocycles. The molecule has 5 heteroatoms. The van der Waals surface area contributed by atoms with Gasteiger partial charge >= 0.3 is 6.08 Å². The summed E-state index contributed by atoms with van der Waals surface area (Å²) in [4.78, 5) is 7.02. The second-order valence-corrected chi connectivity index (χ2v) is 2.76. The van der Waals surface area contributed by atoms with Gasteiger partial charge in [0.1, 0.15) is 11.6 Å². The van der Waals surface area contributed by atoms with E-state index in [1.165, 1.54) is 7.11 Å². The van der Waals surface area contributed by atoms with Crippen molar-refractivity contribution in [1.29, 1.82) is 0 Å². The van der Waals surface area contributed by atoms with Crippen LogP contribution in [0.2, 0.25) is 0 Å². The smallest absolute Gasteiger partial charge is 0.311 e. The molecular weight excluding hydrogens is 185 g/mol. The Bertz CT molecular complexity index is 487. The van der Waals surface area contributed by atoms with Crippen LogP contribution < -0.4 is 10.5 Å². The molecule has 0 fully saturated rings. The number of ether oxygens (including phenoxy) is 1. The van der Waals surface area contributed by atoms with Crippen molar-refractivity contribution in [2.75, 3.05) is 12.8 Å². The highest BCUT2D eigenvalue weighted by Crippen LogP contribution is 2.22. The Morgan fingerprint density at radius 2 is 2.14 bits per heavy atom. The van der Waals surface area contributed by atoms with Crippen LogP contribution in [0.3, 0.4) is 0 Å². The standard InChI is InChI=1S/C9H8FN3O/c1-14-5-2-3-6-7(4-5)12-9(10)13-8(6)11/h2-4H,1H3,(H2,11,12,13). The lowest BCUT2D eigenvalue weighted by molar-refractivity contribution is 0.415. The summed E-state index contributed by atoms with van der Waals surface area (Å²) in [6.07, 6.45) is -0.830. The summed E-state index contributed by atoms with van der Waals surface area (Å²) in [7, 11) is 1.53. The van der Waals surface area contributed by atoms with Crippen LogP contribution in [0.15, 0.2) is 18.2 Å². The van der Waals surface area contributed by atoms with E-state index in [0.29, 0.717) is 16.7 Å². The molecule has 2 aromatic rings. The summed E-state index contributed by atoms with van der Waals surface area (Å²) in [5.41, 5.74) is 5.96. The zero-order valence-electron chi connectivity index (χ0n) is 7.49. The van der Waals surface area contributed by atoms with E-state index in [-0.39, 0.29) is 5.82 Å². The average molecular weight is 193 g/mol. The van der Waals surface area contributed by atoms with Crippen LogP contribution in [-0.4, -0.2) is 17.1 Å². The molecular formula is C9H8FN3O. The maximum Gasteiger partial charge on any atom is 0.311 e. The van der Waals surface area contributed by atoms with Crippen LogP contribution in [0.4, 0.5) is 10.2 Å². The summed E-state index contributed by atoms with van der Waals surface area (Å²) in [5, 5.41) is 0.618. The summed E-state index contributed by atoms with van der Waals surface area (Å²) in [6, 6.07) is 5.03. The van der Waals surface area contributed by atoms with Crippen molar-refractivity contribution in [3.63, 3.8) is 0 Å². The average Bonchev–Trinajstić information content (AvgIpc) is 2.16. The Kier molecular flexibility index (Phi) is 1.92. The molecule has 1 aromatic carbocycles. The van der Waals surface area contributed by atoms with Crippen LogP contribution in [0.25, 0.3) is 10.9 Å². The normalized spacial score (nSPS) is 10.4. The van der Waals surface area contributed by atoms with Gasteiger partial charge in [-0.15, -0.1) is 0 Å². The number of rotatable bonds is 1. The number of fused-ring (bicyclic) bond motifs is 1. The number of methoxy groups -OCH3 is 1. The minimum atomic E-state index is -0.830. The molecule has 4 nitrogen and oxygen atoms in total. The zero-order valence-corrected chi connectivity index (χ0v) is 7.49. The minimum Gasteiger partial charge on any atom is -0.497 e. The van der Waals surface area contributed by atoms with Gasteiger partial charge in [-0.05, 0) is 12.1 Å². The molecule has 0 saturated heterocycles. The first-order valence-corrected chi connectivity index (χ1v) is 3.97. The Morgan fingerprint density at radius 1 is 1.36 bits per heavy atom. The fraction of sp³-hybridized carbons (Fsp3) is 0.111. The molecule has 1 aromatic heterocycles. The second kappa shape index (κ2) is 3.10. The molecule has 0 amide bonds. The number of aromatic nitrogens is 2. The van der Waals surface area contributed by atoms with Gasteiger partial charge in [0.05, 0.1) is 12.6 Å². The molecule has 0 aliphatic heterocycles. The Balaban J connectivity index is 2.75. The lowest BCUT2D eigenvalue weighted by atomic mass is 10.2. The molecule has 14 heavy (non-hydrogen) atoms. The number of nitrogen functional groups attached to an aromatic ring is 1. The number of nitrogens with two attached hydrogens (primary N) is 1. The summed E-state index contributed by atoms with van der Waals surface area (Å²) < 4.78 is 17.8. The van der Waals surface area contributed by atoms with Crippen molar-refractivity contribution < 1.29 is 9.13 Å². The molecule has 72 valence electrons. The van der Waals surface area contributed by atoms with Crippen LogP contribution >= 0.6 is 0 Å². The Hall–Kier alpha value is -1.91. The van der Waals surface area contributed by atoms with E-state index < -0.39 is 6.08 Å². The van der Waals surface area contributed by atoms with Crippen LogP contribution in [0.5, 0.6) is 5.75 Å². The zero-order chi connectivity index (χ0) is 10.1. The maximum atomic E-state index is 12.8. The highest BCUT2D eigenvalue weighted by molar-refractivity contribution is 5.88. The fourth-order valence-corrected chi connectivity index (χ4v) is 1.23. The number of anilines is 1. The van der Waals surface area contributed by atoms with Crippen molar-refractivity contribution in [3.8, 4) is 5.75 Å². The number of hydrogen-bond donors (Lipinski definition) is 1. The van der Waals surface area contributed by atoms with Crippen molar-refractivity contribution in [2.24, 2.45) is 0 Å². The number of nitrogens with zero attached hydrogens (tertiary/aromatic N) is 2. The van der Waals surface area contributed by atoms with Gasteiger partial charge < -0.3 is 10.5 Å². The molecule has 0 saturated carbocycles. The molecule has 0 aliphatic carbocycles. The quantitative estimate of drug-likeness (QED) is 0.694. The lowest BCUT2D eigenvalue weighted by Gasteiger charge is -2.03. The first kappa shape index (κ1) is 8.68. The van der Waals surface area contributed by atoms with Crippen molar-refractivity contribution in [1.82, 2.24) is 9.97 Å². The number of halogens is 1. The SMILES string of the molecule is COc1ccc2c(N)nc(F)nc2c1. The molecule has 0 unspecified atom stereocenters. The van der Waals surface area contributed by atoms with Crippen LogP contribution in [0, 0.1) is 6.08 Å². The lowest BCUT2D eigenvalue weighted by Crippen LogP contribution is -1.98. The molecule has 0 radical (unpaired) electrons. The highest BCUT2D eigenvalue weighted by atomic mass is 19.1. The van der Waals surface area contributed by atoms with Crippen molar-refractivity contribution in [3.05, 3.63) is 24.3 Å². The van der Waals surface area contributed by atoms with Gasteiger partial charge in [-0.25, -0.2) is 4.98 Å². The molecule has 0 bridgehead atoms. The summed E-state index contributed by atoms with van der Waals surface area (Å²) >= 11 is 0. The molecule has 0 aliphatic rings. The number of benzene rings is 1. The predicted octanol–water partition coefficient (Wildman–Crippen LogP) is 1.36. The van der Waals surface area contributed by atoms with Crippen LogP contribution in [0.1, 0.15) is 0 Å². The predicted molar refractivity (Wildman–Crippen MR) is 50.5 cm³/mol. The minimum absolute atomic E-state index is 0.134. The molecule has 0 spiro atoms. The molecule has 2 rings (SSSR count). The highest BCUT2D eigenvalue weighted by Gasteiger charge is 2.05. The Morgan fingerprint density at radius 3 is 2.86 bits per heavy atom. The third kappa shape index (κ3) is 1.32. The van der Waals surface area contributed by atoms with Gasteiger partial charge in [0, 0.05) is 11.5 Å². The summed E-state index contributed by atoms with van der Waals surface area (Å²) in [5.74, 6) is 0.741. The van der Waals surface area contributed by atoms with Gasteiger partial charge in [-0.3, -0.25) is 0 Å². The molecule has 0 atom stereocenters. The molecule has 2 N–H and O–H groups in total. The van der Waals surface area contributed by atoms with Crippen molar-refractivity contribution >= 4 is 16.7 Å². The summed E-state index contributed by atoms with van der Waals surface area (Å²) in [6.45, 7) is 0. The van der Waals surface area contributed by atoms with Crippen LogP contribution in [-0.2, 0) is 0 Å². The fourth-order valence-electron chi connectivity index (χ4n) is 1.23. The Labute approximate surface area is 79.5 Å². The topological polar surface area (TPSA) is 61.0 Å². The monoisotopic (exact) mass is 193 g/mol. The third-order valence-electron chi connectivity index (χ3n) is 1.91. The van der Waals surface area contributed by atoms with E-state index in [9.17, 15) is 4.39 Å². The van der Waals surface area contributed by atoms with E-state index in [1.807, 2.05) is 0 Å². The van der Waals surface area contributed by atoms with Gasteiger partial charge in [0.25, 0.3) is 0 Å². The second-order valence-electron chi connectivity index (χ2n) is 2.76. The van der Waals surface area contributed by atoms with Gasteiger partial charge in [0.15, 0.2) is 0 Å².